The van der Waals surface area contributed by atoms with Crippen molar-refractivity contribution in [1.82, 2.24) is 10.2 Å². The van der Waals surface area contributed by atoms with Crippen LogP contribution in [0.5, 0.6) is 0 Å². The third-order valence-electron chi connectivity index (χ3n) is 8.36. The monoisotopic (exact) mass is 654 g/mol. The molecule has 5 rings (SSSR count). The van der Waals surface area contributed by atoms with Crippen molar-refractivity contribution in [1.29, 1.82) is 0 Å². The SMILES string of the molecule is O=C(NC1CCCCC1)[C@@H](Cc1ccccc1)N(Cc1ccccc1)C(=O)CN(c1cccc([N+](=O)[O-])c1)S(=O)(=O)c1ccccc1. The second kappa shape index (κ2) is 15.5. The summed E-state index contributed by atoms with van der Waals surface area (Å²) in [6.07, 6.45) is 5.05. The van der Waals surface area contributed by atoms with E-state index >= 15 is 0 Å². The lowest BCUT2D eigenvalue weighted by molar-refractivity contribution is -0.384. The predicted octanol–water partition coefficient (Wildman–Crippen LogP) is 5.88. The van der Waals surface area contributed by atoms with Crippen molar-refractivity contribution in [3.63, 3.8) is 0 Å². The van der Waals surface area contributed by atoms with E-state index in [1.165, 1.54) is 35.2 Å². The molecule has 1 saturated carbocycles. The van der Waals surface area contributed by atoms with Crippen LogP contribution in [0.15, 0.2) is 120 Å². The van der Waals surface area contributed by atoms with Crippen LogP contribution in [0.2, 0.25) is 0 Å². The molecule has 0 radical (unpaired) electrons. The highest BCUT2D eigenvalue weighted by atomic mass is 32.2. The number of rotatable bonds is 13. The van der Waals surface area contributed by atoms with E-state index in [0.29, 0.717) is 0 Å². The number of nitro benzene ring substituents is 1. The first kappa shape index (κ1) is 33.3. The number of nitrogens with zero attached hydrogens (tertiary/aromatic N) is 3. The van der Waals surface area contributed by atoms with Crippen molar-refractivity contribution >= 4 is 33.2 Å². The second-order valence-corrected chi connectivity index (χ2v) is 13.5. The van der Waals surface area contributed by atoms with Crippen molar-refractivity contribution in [3.05, 3.63) is 137 Å². The molecule has 11 heteroatoms. The van der Waals surface area contributed by atoms with E-state index in [0.717, 1.165) is 53.6 Å². The molecule has 10 nitrogen and oxygen atoms in total. The Labute approximate surface area is 275 Å². The summed E-state index contributed by atoms with van der Waals surface area (Å²) in [5.41, 5.74) is 1.24. The Kier molecular flexibility index (Phi) is 11.0. The molecule has 0 bridgehead atoms. The number of nitrogens with one attached hydrogen (secondary N) is 1. The minimum absolute atomic E-state index is 0.0111. The molecule has 244 valence electrons. The van der Waals surface area contributed by atoms with Gasteiger partial charge in [0.15, 0.2) is 0 Å². The third kappa shape index (κ3) is 8.62. The molecule has 0 spiro atoms. The topological polar surface area (TPSA) is 130 Å². The summed E-state index contributed by atoms with van der Waals surface area (Å²) in [6.45, 7) is -0.642. The van der Waals surface area contributed by atoms with E-state index in [1.54, 1.807) is 18.2 Å². The summed E-state index contributed by atoms with van der Waals surface area (Å²) in [5, 5.41) is 14.8. The van der Waals surface area contributed by atoms with Crippen LogP contribution in [0.3, 0.4) is 0 Å². The average molecular weight is 655 g/mol. The molecule has 4 aromatic carbocycles. The zero-order valence-electron chi connectivity index (χ0n) is 26.0. The predicted molar refractivity (Wildman–Crippen MR) is 180 cm³/mol. The quantitative estimate of drug-likeness (QED) is 0.142. The van der Waals surface area contributed by atoms with Gasteiger partial charge in [-0.05, 0) is 42.2 Å². The van der Waals surface area contributed by atoms with E-state index in [9.17, 15) is 28.1 Å². The van der Waals surface area contributed by atoms with Crippen LogP contribution in [0.1, 0.15) is 43.2 Å². The van der Waals surface area contributed by atoms with E-state index in [4.69, 9.17) is 0 Å². The van der Waals surface area contributed by atoms with Gasteiger partial charge in [-0.3, -0.25) is 24.0 Å². The molecule has 4 aromatic rings. The van der Waals surface area contributed by atoms with Gasteiger partial charge < -0.3 is 10.2 Å². The van der Waals surface area contributed by atoms with Gasteiger partial charge in [-0.2, -0.15) is 0 Å². The van der Waals surface area contributed by atoms with Crippen LogP contribution >= 0.6 is 0 Å². The smallest absolute Gasteiger partial charge is 0.271 e. The Morgan fingerprint density at radius 3 is 2.02 bits per heavy atom. The summed E-state index contributed by atoms with van der Waals surface area (Å²) in [5.74, 6) is -0.933. The highest BCUT2D eigenvalue weighted by molar-refractivity contribution is 7.92. The van der Waals surface area contributed by atoms with Crippen LogP contribution in [0.4, 0.5) is 11.4 Å². The maximum atomic E-state index is 14.6. The normalized spacial score (nSPS) is 14.1. The first-order valence-corrected chi connectivity index (χ1v) is 17.2. The fourth-order valence-corrected chi connectivity index (χ4v) is 7.32. The average Bonchev–Trinajstić information content (AvgIpc) is 3.10. The number of hydrogen-bond donors (Lipinski definition) is 1. The molecule has 1 N–H and O–H groups in total. The number of hydrogen-bond acceptors (Lipinski definition) is 6. The molecule has 47 heavy (non-hydrogen) atoms. The summed E-state index contributed by atoms with van der Waals surface area (Å²) >= 11 is 0. The van der Waals surface area contributed by atoms with Gasteiger partial charge in [-0.15, -0.1) is 0 Å². The molecule has 0 heterocycles. The lowest BCUT2D eigenvalue weighted by Gasteiger charge is -2.35. The zero-order valence-corrected chi connectivity index (χ0v) is 26.8. The highest BCUT2D eigenvalue weighted by Gasteiger charge is 2.35. The fourth-order valence-electron chi connectivity index (χ4n) is 5.89. The lowest BCUT2D eigenvalue weighted by Crippen LogP contribution is -2.55. The molecule has 1 fully saturated rings. The number of nitro groups is 1. The van der Waals surface area contributed by atoms with Crippen LogP contribution in [0.25, 0.3) is 0 Å². The minimum Gasteiger partial charge on any atom is -0.352 e. The van der Waals surface area contributed by atoms with Gasteiger partial charge in [-0.1, -0.05) is 104 Å². The largest absolute Gasteiger partial charge is 0.352 e. The van der Waals surface area contributed by atoms with Gasteiger partial charge in [0.05, 0.1) is 15.5 Å². The second-order valence-electron chi connectivity index (χ2n) is 11.7. The Hall–Kier alpha value is -5.03. The molecule has 0 unspecified atom stereocenters. The summed E-state index contributed by atoms with van der Waals surface area (Å²) in [7, 11) is -4.36. The molecule has 1 atom stereocenters. The van der Waals surface area contributed by atoms with Crippen molar-refractivity contribution < 1.29 is 22.9 Å². The van der Waals surface area contributed by atoms with Gasteiger partial charge in [0, 0.05) is 31.1 Å². The van der Waals surface area contributed by atoms with Gasteiger partial charge in [-0.25, -0.2) is 8.42 Å². The highest BCUT2D eigenvalue weighted by Crippen LogP contribution is 2.28. The van der Waals surface area contributed by atoms with E-state index in [-0.39, 0.29) is 41.2 Å². The Bertz CT molecular complexity index is 1770. The van der Waals surface area contributed by atoms with Gasteiger partial charge in [0.2, 0.25) is 11.8 Å². The lowest BCUT2D eigenvalue weighted by atomic mass is 9.94. The first-order valence-electron chi connectivity index (χ1n) is 15.7. The van der Waals surface area contributed by atoms with Crippen LogP contribution < -0.4 is 9.62 Å². The van der Waals surface area contributed by atoms with Crippen molar-refractivity contribution in [3.8, 4) is 0 Å². The maximum Gasteiger partial charge on any atom is 0.271 e. The van der Waals surface area contributed by atoms with Crippen molar-refractivity contribution in [2.24, 2.45) is 0 Å². The van der Waals surface area contributed by atoms with E-state index in [1.807, 2.05) is 60.7 Å². The summed E-state index contributed by atoms with van der Waals surface area (Å²) in [6, 6.07) is 30.4. The summed E-state index contributed by atoms with van der Waals surface area (Å²) < 4.78 is 29.1. The molecule has 0 aromatic heterocycles. The molecule has 0 aliphatic heterocycles. The van der Waals surface area contributed by atoms with Crippen LogP contribution in [-0.2, 0) is 32.6 Å². The number of amides is 2. The minimum atomic E-state index is -4.36. The number of benzene rings is 4. The number of carbonyl (C=O) groups excluding carboxylic acids is 2. The van der Waals surface area contributed by atoms with Crippen LogP contribution in [0, 0.1) is 10.1 Å². The van der Waals surface area contributed by atoms with Crippen molar-refractivity contribution in [2.45, 2.75) is 62.0 Å². The standard InChI is InChI=1S/C36H38N4O6S/c41-35(27-39(31-20-13-21-32(25-31)40(43)44)47(45,46)33-22-11-4-12-23-33)38(26-29-16-7-2-8-17-29)34(24-28-14-5-1-6-15-28)36(42)37-30-18-9-3-10-19-30/h1-2,4-8,11-17,20-23,25,30,34H,3,9-10,18-19,24,26-27H2,(H,37,42)/t34-/m1/s1. The van der Waals surface area contributed by atoms with E-state index < -0.39 is 33.4 Å². The Morgan fingerprint density at radius 2 is 1.40 bits per heavy atom. The van der Waals surface area contributed by atoms with Gasteiger partial charge in [0.1, 0.15) is 12.6 Å². The molecule has 1 aliphatic rings. The molecular weight excluding hydrogens is 616 g/mol. The number of non-ortho nitro benzene ring substituents is 1. The maximum absolute atomic E-state index is 14.6. The molecule has 2 amide bonds. The number of carbonyl (C=O) groups is 2. The van der Waals surface area contributed by atoms with Gasteiger partial charge >= 0.3 is 0 Å². The van der Waals surface area contributed by atoms with E-state index in [2.05, 4.69) is 5.32 Å². The zero-order chi connectivity index (χ0) is 33.2. The third-order valence-corrected chi connectivity index (χ3v) is 10.1. The molecule has 1 aliphatic carbocycles. The summed E-state index contributed by atoms with van der Waals surface area (Å²) in [4.78, 5) is 41.1. The Balaban J connectivity index is 1.57. The fraction of sp³-hybridized carbons (Fsp3) is 0.278. The van der Waals surface area contributed by atoms with Crippen molar-refractivity contribution in [2.75, 3.05) is 10.8 Å². The molecular formula is C36H38N4O6S. The van der Waals surface area contributed by atoms with Gasteiger partial charge in [0.25, 0.3) is 15.7 Å². The van der Waals surface area contributed by atoms with Crippen LogP contribution in [-0.4, -0.2) is 48.7 Å². The Morgan fingerprint density at radius 1 is 0.809 bits per heavy atom. The molecule has 0 saturated heterocycles. The first-order chi connectivity index (χ1) is 22.7. The number of sulfonamides is 1. The number of anilines is 1.